The molecule has 0 amide bonds. The van der Waals surface area contributed by atoms with Gasteiger partial charge in [-0.15, -0.1) is 0 Å². The van der Waals surface area contributed by atoms with Crippen LogP contribution >= 0.6 is 15.9 Å². The van der Waals surface area contributed by atoms with Crippen LogP contribution in [0, 0.1) is 17.0 Å². The molecule has 0 unspecified atom stereocenters. The maximum atomic E-state index is 10.9. The molecule has 0 aliphatic carbocycles. The Hall–Kier alpha value is -3.13. The molecule has 0 aliphatic heterocycles. The number of nitrogens with one attached hydrogen (secondary N) is 1. The van der Waals surface area contributed by atoms with Crippen molar-refractivity contribution >= 4 is 33.1 Å². The lowest BCUT2D eigenvalue weighted by Crippen LogP contribution is -2.03. The number of aryl methyl sites for hydroxylation is 1. The Bertz CT molecular complexity index is 1020. The molecular formula is C19H16BrN5O2. The van der Waals surface area contributed by atoms with Crippen molar-refractivity contribution in [1.82, 2.24) is 9.97 Å². The molecule has 0 aliphatic rings. The van der Waals surface area contributed by atoms with Gasteiger partial charge in [0.05, 0.1) is 10.6 Å². The van der Waals surface area contributed by atoms with Crippen molar-refractivity contribution in [3.8, 4) is 11.4 Å². The zero-order valence-corrected chi connectivity index (χ0v) is 16.3. The quantitative estimate of drug-likeness (QED) is 0.354. The summed E-state index contributed by atoms with van der Waals surface area (Å²) in [5.74, 6) is 1.14. The summed E-state index contributed by atoms with van der Waals surface area (Å²) in [6.07, 6.45) is 0. The molecule has 0 saturated carbocycles. The van der Waals surface area contributed by atoms with Crippen LogP contribution in [0.4, 0.5) is 11.5 Å². The van der Waals surface area contributed by atoms with Gasteiger partial charge in [0.25, 0.3) is 5.69 Å². The van der Waals surface area contributed by atoms with Crippen LogP contribution in [0.15, 0.2) is 64.2 Å². The van der Waals surface area contributed by atoms with E-state index in [0.29, 0.717) is 22.9 Å². The smallest absolute Gasteiger partial charge is 0.261 e. The molecule has 0 fully saturated rings. The van der Waals surface area contributed by atoms with E-state index in [9.17, 15) is 10.1 Å². The molecule has 2 aromatic carbocycles. The summed E-state index contributed by atoms with van der Waals surface area (Å²) in [5.41, 5.74) is 5.90. The molecule has 136 valence electrons. The maximum absolute atomic E-state index is 10.9. The van der Waals surface area contributed by atoms with Crippen molar-refractivity contribution in [3.05, 3.63) is 80.4 Å². The molecule has 3 rings (SSSR count). The minimum atomic E-state index is -0.428. The first-order valence-electron chi connectivity index (χ1n) is 8.09. The second-order valence-corrected chi connectivity index (χ2v) is 6.76. The first kappa shape index (κ1) is 18.7. The molecule has 3 aromatic rings. The third-order valence-electron chi connectivity index (χ3n) is 3.77. The molecule has 1 aromatic heterocycles. The van der Waals surface area contributed by atoms with E-state index >= 15 is 0 Å². The van der Waals surface area contributed by atoms with Crippen molar-refractivity contribution < 1.29 is 4.92 Å². The molecule has 27 heavy (non-hydrogen) atoms. The lowest BCUT2D eigenvalue weighted by Gasteiger charge is -2.07. The zero-order valence-electron chi connectivity index (χ0n) is 14.7. The first-order chi connectivity index (χ1) is 12.9. The number of rotatable bonds is 5. The Balaban J connectivity index is 1.85. The summed E-state index contributed by atoms with van der Waals surface area (Å²) in [7, 11) is 0. The van der Waals surface area contributed by atoms with Gasteiger partial charge in [-0.2, -0.15) is 5.10 Å². The Kier molecular flexibility index (Phi) is 5.56. The van der Waals surface area contributed by atoms with Crippen molar-refractivity contribution in [2.75, 3.05) is 5.43 Å². The Morgan fingerprint density at radius 1 is 1.15 bits per heavy atom. The van der Waals surface area contributed by atoms with Gasteiger partial charge in [0.15, 0.2) is 11.6 Å². The molecule has 0 radical (unpaired) electrons. The van der Waals surface area contributed by atoms with E-state index in [-0.39, 0.29) is 5.69 Å². The molecule has 0 atom stereocenters. The minimum absolute atomic E-state index is 0.0254. The number of nitrogens with zero attached hydrogens (tertiary/aromatic N) is 4. The van der Waals surface area contributed by atoms with Gasteiger partial charge in [0.1, 0.15) is 0 Å². The van der Waals surface area contributed by atoms with Crippen LogP contribution in [0.25, 0.3) is 11.4 Å². The van der Waals surface area contributed by atoms with Gasteiger partial charge in [0.2, 0.25) is 0 Å². The maximum Gasteiger partial charge on any atom is 0.270 e. The zero-order chi connectivity index (χ0) is 19.4. The Morgan fingerprint density at radius 2 is 1.89 bits per heavy atom. The lowest BCUT2D eigenvalue weighted by molar-refractivity contribution is -0.384. The second-order valence-electron chi connectivity index (χ2n) is 5.84. The predicted molar refractivity (Wildman–Crippen MR) is 109 cm³/mol. The molecule has 0 bridgehead atoms. The van der Waals surface area contributed by atoms with Gasteiger partial charge in [-0.25, -0.2) is 9.97 Å². The SMILES string of the molecule is C/C(=N\Nc1cc(C)nc(-c2ccc(Br)cc2)n1)c1cccc([N+](=O)[O-])c1. The molecule has 1 heterocycles. The highest BCUT2D eigenvalue weighted by atomic mass is 79.9. The van der Waals surface area contributed by atoms with E-state index in [0.717, 1.165) is 15.7 Å². The van der Waals surface area contributed by atoms with Crippen LogP contribution in [0.3, 0.4) is 0 Å². The van der Waals surface area contributed by atoms with Crippen LogP contribution in [0.5, 0.6) is 0 Å². The van der Waals surface area contributed by atoms with Crippen LogP contribution in [-0.4, -0.2) is 20.6 Å². The van der Waals surface area contributed by atoms with E-state index < -0.39 is 4.92 Å². The molecule has 1 N–H and O–H groups in total. The fourth-order valence-electron chi connectivity index (χ4n) is 2.40. The average molecular weight is 426 g/mol. The summed E-state index contributed by atoms with van der Waals surface area (Å²) in [5, 5.41) is 15.2. The largest absolute Gasteiger partial charge is 0.270 e. The fraction of sp³-hybridized carbons (Fsp3) is 0.105. The number of hydrazone groups is 1. The number of aromatic nitrogens is 2. The Morgan fingerprint density at radius 3 is 2.59 bits per heavy atom. The van der Waals surface area contributed by atoms with Gasteiger partial charge in [-0.1, -0.05) is 40.2 Å². The predicted octanol–water partition coefficient (Wildman–Crippen LogP) is 4.96. The topological polar surface area (TPSA) is 93.3 Å². The second kappa shape index (κ2) is 8.05. The summed E-state index contributed by atoms with van der Waals surface area (Å²) in [6.45, 7) is 3.65. The monoisotopic (exact) mass is 425 g/mol. The number of hydrogen-bond acceptors (Lipinski definition) is 6. The van der Waals surface area contributed by atoms with Crippen molar-refractivity contribution in [3.63, 3.8) is 0 Å². The first-order valence-corrected chi connectivity index (χ1v) is 8.88. The summed E-state index contributed by atoms with van der Waals surface area (Å²) in [6, 6.07) is 15.8. The molecule has 7 nitrogen and oxygen atoms in total. The highest BCUT2D eigenvalue weighted by molar-refractivity contribution is 9.10. The number of nitro groups is 1. The number of non-ortho nitro benzene ring substituents is 1. The van der Waals surface area contributed by atoms with Crippen molar-refractivity contribution in [2.24, 2.45) is 5.10 Å². The number of hydrogen-bond donors (Lipinski definition) is 1. The van der Waals surface area contributed by atoms with Crippen LogP contribution in [-0.2, 0) is 0 Å². The highest BCUT2D eigenvalue weighted by Gasteiger charge is 2.08. The van der Waals surface area contributed by atoms with Gasteiger partial charge in [-0.05, 0) is 26.0 Å². The molecule has 0 spiro atoms. The number of halogens is 1. The summed E-state index contributed by atoms with van der Waals surface area (Å²) >= 11 is 3.41. The van der Waals surface area contributed by atoms with Crippen molar-refractivity contribution in [1.29, 1.82) is 0 Å². The standard InChI is InChI=1S/C19H16BrN5O2/c1-12-10-18(22-19(21-12)14-6-8-16(20)9-7-14)24-23-13(2)15-4-3-5-17(11-15)25(26)27/h3-11H,1-2H3,(H,21,22,24)/b23-13+. The normalized spacial score (nSPS) is 11.3. The number of benzene rings is 2. The summed E-state index contributed by atoms with van der Waals surface area (Å²) in [4.78, 5) is 19.4. The lowest BCUT2D eigenvalue weighted by atomic mass is 10.1. The fourth-order valence-corrected chi connectivity index (χ4v) is 2.67. The van der Waals surface area contributed by atoms with E-state index in [2.05, 4.69) is 36.4 Å². The highest BCUT2D eigenvalue weighted by Crippen LogP contribution is 2.21. The van der Waals surface area contributed by atoms with E-state index in [1.807, 2.05) is 31.2 Å². The van der Waals surface area contributed by atoms with Crippen LogP contribution in [0.2, 0.25) is 0 Å². The number of anilines is 1. The number of nitro benzene ring substituents is 1. The third kappa shape index (κ3) is 4.73. The molecular weight excluding hydrogens is 410 g/mol. The van der Waals surface area contributed by atoms with Gasteiger partial charge < -0.3 is 0 Å². The molecule has 8 heteroatoms. The Labute approximate surface area is 164 Å². The average Bonchev–Trinajstić information content (AvgIpc) is 2.66. The van der Waals surface area contributed by atoms with E-state index in [1.165, 1.54) is 12.1 Å². The van der Waals surface area contributed by atoms with Gasteiger partial charge in [-0.3, -0.25) is 15.5 Å². The van der Waals surface area contributed by atoms with Crippen LogP contribution in [0.1, 0.15) is 18.2 Å². The van der Waals surface area contributed by atoms with E-state index in [4.69, 9.17) is 0 Å². The van der Waals surface area contributed by atoms with Crippen LogP contribution < -0.4 is 5.43 Å². The van der Waals surface area contributed by atoms with Gasteiger partial charge >= 0.3 is 0 Å². The van der Waals surface area contributed by atoms with E-state index in [1.54, 1.807) is 25.1 Å². The van der Waals surface area contributed by atoms with Gasteiger partial charge in [0, 0.05) is 39.5 Å². The molecule has 0 saturated heterocycles. The van der Waals surface area contributed by atoms with Crippen molar-refractivity contribution in [2.45, 2.75) is 13.8 Å². The summed E-state index contributed by atoms with van der Waals surface area (Å²) < 4.78 is 0.981. The third-order valence-corrected chi connectivity index (χ3v) is 4.30. The minimum Gasteiger partial charge on any atom is -0.261 e.